The van der Waals surface area contributed by atoms with E-state index < -0.39 is 12.7 Å². The Balaban J connectivity index is 1.52. The van der Waals surface area contributed by atoms with Crippen LogP contribution in [0.5, 0.6) is 0 Å². The van der Waals surface area contributed by atoms with Crippen LogP contribution in [0.1, 0.15) is 5.56 Å². The maximum atomic E-state index is 12.4. The number of rotatable bonds is 4. The van der Waals surface area contributed by atoms with Crippen molar-refractivity contribution < 1.29 is 18.0 Å². The van der Waals surface area contributed by atoms with E-state index in [0.717, 1.165) is 16.7 Å². The highest BCUT2D eigenvalue weighted by atomic mass is 19.4. The second kappa shape index (κ2) is 7.91. The largest absolute Gasteiger partial charge is 0.401 e. The van der Waals surface area contributed by atoms with Crippen LogP contribution in [0, 0.1) is 0 Å². The Labute approximate surface area is 151 Å². The van der Waals surface area contributed by atoms with E-state index in [2.05, 4.69) is 0 Å². The monoisotopic (exact) mass is 362 g/mol. The minimum Gasteiger partial charge on any atom is -0.340 e. The molecule has 6 heteroatoms. The summed E-state index contributed by atoms with van der Waals surface area (Å²) in [5.74, 6) is -0.0379. The number of benzene rings is 2. The van der Waals surface area contributed by atoms with Crippen LogP contribution in [-0.4, -0.2) is 54.6 Å². The topological polar surface area (TPSA) is 23.6 Å². The molecule has 0 saturated carbocycles. The van der Waals surface area contributed by atoms with E-state index in [9.17, 15) is 18.0 Å². The van der Waals surface area contributed by atoms with Gasteiger partial charge in [-0.15, -0.1) is 0 Å². The Morgan fingerprint density at radius 1 is 0.846 bits per heavy atom. The van der Waals surface area contributed by atoms with E-state index in [1.807, 2.05) is 54.6 Å². The third-order valence-electron chi connectivity index (χ3n) is 4.54. The first kappa shape index (κ1) is 18.5. The Morgan fingerprint density at radius 3 is 2.00 bits per heavy atom. The van der Waals surface area contributed by atoms with Crippen molar-refractivity contribution in [1.82, 2.24) is 9.80 Å². The number of halogens is 3. The van der Waals surface area contributed by atoms with Crippen molar-refractivity contribution in [1.29, 1.82) is 0 Å². The standard InChI is InChI=1S/C20H21F3N2O/c21-20(22,23)15-24-10-12-25(13-11-24)19(26)14-16-6-8-18(9-7-16)17-4-2-1-3-5-17/h1-9H,10-15H2. The van der Waals surface area contributed by atoms with Crippen LogP contribution in [0.25, 0.3) is 11.1 Å². The average Bonchev–Trinajstić information content (AvgIpc) is 2.62. The molecule has 0 spiro atoms. The molecule has 26 heavy (non-hydrogen) atoms. The van der Waals surface area contributed by atoms with Gasteiger partial charge in [-0.1, -0.05) is 54.6 Å². The Bertz CT molecular complexity index is 721. The summed E-state index contributed by atoms with van der Waals surface area (Å²) in [6.45, 7) is 0.306. The summed E-state index contributed by atoms with van der Waals surface area (Å²) in [7, 11) is 0. The van der Waals surface area contributed by atoms with Crippen LogP contribution < -0.4 is 0 Å². The van der Waals surface area contributed by atoms with Gasteiger partial charge in [-0.05, 0) is 16.7 Å². The van der Waals surface area contributed by atoms with Crippen molar-refractivity contribution >= 4 is 5.91 Å². The van der Waals surface area contributed by atoms with E-state index in [0.29, 0.717) is 13.1 Å². The quantitative estimate of drug-likeness (QED) is 0.830. The first-order valence-electron chi connectivity index (χ1n) is 8.62. The van der Waals surface area contributed by atoms with Crippen molar-refractivity contribution in [3.63, 3.8) is 0 Å². The van der Waals surface area contributed by atoms with Gasteiger partial charge in [-0.2, -0.15) is 13.2 Å². The van der Waals surface area contributed by atoms with Gasteiger partial charge in [0.25, 0.3) is 0 Å². The molecule has 1 saturated heterocycles. The molecule has 0 aliphatic carbocycles. The molecule has 0 aromatic heterocycles. The van der Waals surface area contributed by atoms with E-state index in [1.165, 1.54) is 4.90 Å². The van der Waals surface area contributed by atoms with E-state index in [-0.39, 0.29) is 25.4 Å². The molecule has 0 radical (unpaired) electrons. The molecule has 0 N–H and O–H groups in total. The minimum absolute atomic E-state index is 0.0379. The normalized spacial score (nSPS) is 15.9. The summed E-state index contributed by atoms with van der Waals surface area (Å²) < 4.78 is 37.2. The van der Waals surface area contributed by atoms with Gasteiger partial charge in [0, 0.05) is 26.2 Å². The molecule has 138 valence electrons. The number of carbonyl (C=O) groups excluding carboxylic acids is 1. The lowest BCUT2D eigenvalue weighted by Gasteiger charge is -2.35. The lowest BCUT2D eigenvalue weighted by atomic mass is 10.0. The number of hydrogen-bond donors (Lipinski definition) is 0. The maximum Gasteiger partial charge on any atom is 0.401 e. The van der Waals surface area contributed by atoms with E-state index >= 15 is 0 Å². The lowest BCUT2D eigenvalue weighted by molar-refractivity contribution is -0.151. The van der Waals surface area contributed by atoms with Crippen LogP contribution in [0.2, 0.25) is 0 Å². The number of nitrogens with zero attached hydrogens (tertiary/aromatic N) is 2. The van der Waals surface area contributed by atoms with Crippen molar-refractivity contribution in [3.8, 4) is 11.1 Å². The van der Waals surface area contributed by atoms with Crippen molar-refractivity contribution in [2.45, 2.75) is 12.6 Å². The van der Waals surface area contributed by atoms with Crippen molar-refractivity contribution in [2.75, 3.05) is 32.7 Å². The Morgan fingerprint density at radius 2 is 1.42 bits per heavy atom. The Kier molecular flexibility index (Phi) is 5.61. The van der Waals surface area contributed by atoms with Crippen LogP contribution in [0.4, 0.5) is 13.2 Å². The number of alkyl halides is 3. The number of carbonyl (C=O) groups is 1. The number of piperazine rings is 1. The molecule has 1 aliphatic heterocycles. The van der Waals surface area contributed by atoms with Gasteiger partial charge in [-0.3, -0.25) is 9.69 Å². The van der Waals surface area contributed by atoms with Gasteiger partial charge in [0.2, 0.25) is 5.91 Å². The van der Waals surface area contributed by atoms with Gasteiger partial charge in [0.1, 0.15) is 0 Å². The van der Waals surface area contributed by atoms with Gasteiger partial charge in [0.05, 0.1) is 13.0 Å². The highest BCUT2D eigenvalue weighted by Crippen LogP contribution is 2.20. The fourth-order valence-corrected chi connectivity index (χ4v) is 3.14. The molecule has 1 fully saturated rings. The predicted octanol–water partition coefficient (Wildman–Crippen LogP) is 3.60. The maximum absolute atomic E-state index is 12.4. The highest BCUT2D eigenvalue weighted by Gasteiger charge is 2.32. The van der Waals surface area contributed by atoms with Crippen LogP contribution in [-0.2, 0) is 11.2 Å². The summed E-state index contributed by atoms with van der Waals surface area (Å²) >= 11 is 0. The fourth-order valence-electron chi connectivity index (χ4n) is 3.14. The van der Waals surface area contributed by atoms with E-state index in [1.54, 1.807) is 4.90 Å². The van der Waals surface area contributed by atoms with Crippen LogP contribution >= 0.6 is 0 Å². The third kappa shape index (κ3) is 5.08. The third-order valence-corrected chi connectivity index (χ3v) is 4.54. The SMILES string of the molecule is O=C(Cc1ccc(-c2ccccc2)cc1)N1CCN(CC(F)(F)F)CC1. The van der Waals surface area contributed by atoms with E-state index in [4.69, 9.17) is 0 Å². The molecule has 1 amide bonds. The van der Waals surface area contributed by atoms with Gasteiger partial charge >= 0.3 is 6.18 Å². The van der Waals surface area contributed by atoms with Gasteiger partial charge in [0.15, 0.2) is 0 Å². The zero-order valence-electron chi connectivity index (χ0n) is 14.4. The molecule has 0 atom stereocenters. The lowest BCUT2D eigenvalue weighted by Crippen LogP contribution is -2.51. The summed E-state index contributed by atoms with van der Waals surface area (Å²) in [6, 6.07) is 17.8. The molecule has 3 rings (SSSR count). The molecular weight excluding hydrogens is 341 g/mol. The molecule has 1 heterocycles. The molecule has 3 nitrogen and oxygen atoms in total. The number of amides is 1. The summed E-state index contributed by atoms with van der Waals surface area (Å²) in [5.41, 5.74) is 3.11. The summed E-state index contributed by atoms with van der Waals surface area (Å²) in [4.78, 5) is 15.4. The van der Waals surface area contributed by atoms with Crippen LogP contribution in [0.3, 0.4) is 0 Å². The Hall–Kier alpha value is -2.34. The molecule has 0 unspecified atom stereocenters. The zero-order valence-corrected chi connectivity index (χ0v) is 14.4. The summed E-state index contributed by atoms with van der Waals surface area (Å²) in [6.07, 6.45) is -3.92. The fraction of sp³-hybridized carbons (Fsp3) is 0.350. The van der Waals surface area contributed by atoms with Crippen LogP contribution in [0.15, 0.2) is 54.6 Å². The van der Waals surface area contributed by atoms with Crippen molar-refractivity contribution in [2.24, 2.45) is 0 Å². The molecule has 2 aromatic carbocycles. The molecule has 2 aromatic rings. The predicted molar refractivity (Wildman–Crippen MR) is 94.7 cm³/mol. The van der Waals surface area contributed by atoms with Gasteiger partial charge in [-0.25, -0.2) is 0 Å². The first-order valence-corrected chi connectivity index (χ1v) is 8.62. The second-order valence-electron chi connectivity index (χ2n) is 6.51. The smallest absolute Gasteiger partial charge is 0.340 e. The molecule has 1 aliphatic rings. The second-order valence-corrected chi connectivity index (χ2v) is 6.51. The highest BCUT2D eigenvalue weighted by molar-refractivity contribution is 5.79. The minimum atomic E-state index is -4.19. The van der Waals surface area contributed by atoms with Gasteiger partial charge < -0.3 is 4.90 Å². The zero-order chi connectivity index (χ0) is 18.6. The molecular formula is C20H21F3N2O. The number of hydrogen-bond acceptors (Lipinski definition) is 2. The van der Waals surface area contributed by atoms with Crippen molar-refractivity contribution in [3.05, 3.63) is 60.2 Å². The first-order chi connectivity index (χ1) is 12.4. The summed E-state index contributed by atoms with van der Waals surface area (Å²) in [5, 5.41) is 0. The average molecular weight is 362 g/mol. The molecule has 0 bridgehead atoms.